The van der Waals surface area contributed by atoms with Crippen molar-refractivity contribution in [2.75, 3.05) is 23.8 Å². The minimum absolute atomic E-state index is 0.0968. The number of amides is 2. The van der Waals surface area contributed by atoms with Gasteiger partial charge >= 0.3 is 12.1 Å². The first-order chi connectivity index (χ1) is 20.7. The van der Waals surface area contributed by atoms with E-state index in [1.807, 2.05) is 50.2 Å². The average molecular weight is 583 g/mol. The number of carbonyl (C=O) groups is 3. The number of nitrogens with one attached hydrogen (secondary N) is 4. The Morgan fingerprint density at radius 3 is 2.65 bits per heavy atom. The van der Waals surface area contributed by atoms with Gasteiger partial charge in [0.05, 0.1) is 25.7 Å². The first-order valence-corrected chi connectivity index (χ1v) is 14.2. The van der Waals surface area contributed by atoms with Crippen LogP contribution in [0.5, 0.6) is 0 Å². The van der Waals surface area contributed by atoms with Gasteiger partial charge in [0.2, 0.25) is 5.91 Å². The number of carbonyl (C=O) groups excluding carboxylic acids is 3. The smallest absolute Gasteiger partial charge is 0.411 e. The van der Waals surface area contributed by atoms with E-state index in [4.69, 9.17) is 9.47 Å². The van der Waals surface area contributed by atoms with Crippen LogP contribution in [-0.2, 0) is 19.1 Å². The molecule has 6 rings (SSSR count). The number of pyridine rings is 1. The number of aromatic nitrogens is 1. The van der Waals surface area contributed by atoms with Gasteiger partial charge in [-0.3, -0.25) is 19.7 Å². The maximum Gasteiger partial charge on any atom is 0.411 e. The highest BCUT2D eigenvalue weighted by atomic mass is 16.5. The van der Waals surface area contributed by atoms with E-state index in [2.05, 4.69) is 20.9 Å². The molecule has 1 aromatic heterocycles. The number of aryl methyl sites for hydroxylation is 1. The summed E-state index contributed by atoms with van der Waals surface area (Å²) in [5, 5.41) is 10.3. The van der Waals surface area contributed by atoms with E-state index >= 15 is 0 Å². The van der Waals surface area contributed by atoms with Gasteiger partial charge in [-0.2, -0.15) is 0 Å². The van der Waals surface area contributed by atoms with E-state index < -0.39 is 24.1 Å². The molecule has 43 heavy (non-hydrogen) atoms. The summed E-state index contributed by atoms with van der Waals surface area (Å²) >= 11 is 0. The van der Waals surface area contributed by atoms with Gasteiger partial charge in [0, 0.05) is 28.9 Å². The second-order valence-corrected chi connectivity index (χ2v) is 10.6. The molecule has 0 aliphatic carbocycles. The molecule has 2 aliphatic heterocycles. The van der Waals surface area contributed by atoms with Crippen molar-refractivity contribution >= 4 is 40.1 Å². The largest absolute Gasteiger partial charge is 0.466 e. The van der Waals surface area contributed by atoms with Gasteiger partial charge in [-0.15, -0.1) is 0 Å². The summed E-state index contributed by atoms with van der Waals surface area (Å²) in [6.45, 7) is 5.98. The predicted molar refractivity (Wildman–Crippen MR) is 164 cm³/mol. The van der Waals surface area contributed by atoms with Crippen molar-refractivity contribution in [2.24, 2.45) is 0 Å². The van der Waals surface area contributed by atoms with Gasteiger partial charge in [0.25, 0.3) is 5.56 Å². The fourth-order valence-electron chi connectivity index (χ4n) is 5.34. The number of anilines is 2. The molecule has 2 aliphatic rings. The summed E-state index contributed by atoms with van der Waals surface area (Å²) in [6, 6.07) is 18.1. The van der Waals surface area contributed by atoms with Crippen LogP contribution in [0.2, 0.25) is 0 Å². The second kappa shape index (κ2) is 12.8. The molecule has 0 fully saturated rings. The number of hydrogen-bond acceptors (Lipinski definition) is 7. The van der Waals surface area contributed by atoms with E-state index in [-0.39, 0.29) is 37.0 Å². The lowest BCUT2D eigenvalue weighted by atomic mass is 9.92. The lowest BCUT2D eigenvalue weighted by molar-refractivity contribution is -0.143. The van der Waals surface area contributed by atoms with Crippen molar-refractivity contribution in [2.45, 2.75) is 45.2 Å². The molecule has 0 saturated carbocycles. The van der Waals surface area contributed by atoms with Crippen molar-refractivity contribution in [3.63, 3.8) is 0 Å². The van der Waals surface area contributed by atoms with E-state index in [0.717, 1.165) is 16.5 Å². The Kier molecular flexibility index (Phi) is 8.75. The van der Waals surface area contributed by atoms with Crippen molar-refractivity contribution in [3.05, 3.63) is 106 Å². The Balaban J connectivity index is 1.58. The van der Waals surface area contributed by atoms with Crippen molar-refractivity contribution < 1.29 is 23.9 Å². The summed E-state index contributed by atoms with van der Waals surface area (Å²) in [7, 11) is 0. The molecule has 3 aromatic carbocycles. The molecular formula is C33H34N4O6. The van der Waals surface area contributed by atoms with Gasteiger partial charge < -0.3 is 25.1 Å². The molecule has 0 saturated heterocycles. The standard InChI is InChI=1S/C33H34N4O6/c1-4-42-29(38)17-28-22-6-5-7-24(15-22)36-33(41)43-18-20(3)26-11-9-23(14-19(26)2)30(32(40)37-28)35-25-10-8-21-12-13-34-31(39)27(21)16-25/h5-16,20,28,30,35H,4,17-18H2,1-3H3,(H,34,39)(H,36,41)(H,37,40)/t20-,28?,30+/m0/s1. The number of H-pyrrole nitrogens is 1. The summed E-state index contributed by atoms with van der Waals surface area (Å²) in [4.78, 5) is 54.5. The van der Waals surface area contributed by atoms with Crippen molar-refractivity contribution in [1.29, 1.82) is 0 Å². The maximum atomic E-state index is 14.1. The van der Waals surface area contributed by atoms with Gasteiger partial charge in [-0.05, 0) is 71.8 Å². The minimum Gasteiger partial charge on any atom is -0.466 e. The number of fused-ring (bicyclic) bond motifs is 10. The van der Waals surface area contributed by atoms with Gasteiger partial charge in [-0.25, -0.2) is 4.79 Å². The number of aromatic amines is 1. The number of ether oxygens (including phenoxy) is 2. The van der Waals surface area contributed by atoms with Crippen LogP contribution in [-0.4, -0.2) is 36.2 Å². The fraction of sp³-hybridized carbons (Fsp3) is 0.273. The van der Waals surface area contributed by atoms with Gasteiger partial charge in [0.1, 0.15) is 6.04 Å². The van der Waals surface area contributed by atoms with E-state index in [1.54, 1.807) is 43.5 Å². The predicted octanol–water partition coefficient (Wildman–Crippen LogP) is 5.47. The molecule has 10 heteroatoms. The van der Waals surface area contributed by atoms with Gasteiger partial charge in [0.15, 0.2) is 0 Å². The van der Waals surface area contributed by atoms with Crippen LogP contribution in [0.1, 0.15) is 60.5 Å². The lowest BCUT2D eigenvalue weighted by Crippen LogP contribution is -2.37. The first-order valence-electron chi connectivity index (χ1n) is 14.2. The molecule has 0 radical (unpaired) electrons. The molecule has 2 amide bonds. The molecule has 4 bridgehead atoms. The second-order valence-electron chi connectivity index (χ2n) is 10.6. The highest BCUT2D eigenvalue weighted by molar-refractivity contribution is 5.90. The molecule has 1 unspecified atom stereocenters. The Morgan fingerprint density at radius 1 is 1.02 bits per heavy atom. The minimum atomic E-state index is -0.875. The zero-order chi connectivity index (χ0) is 30.5. The normalized spacial score (nSPS) is 18.8. The molecular weight excluding hydrogens is 548 g/mol. The lowest BCUT2D eigenvalue weighted by Gasteiger charge is -2.26. The summed E-state index contributed by atoms with van der Waals surface area (Å²) in [6.07, 6.45) is 0.865. The molecule has 4 N–H and O–H groups in total. The zero-order valence-electron chi connectivity index (χ0n) is 24.2. The topological polar surface area (TPSA) is 139 Å². The van der Waals surface area contributed by atoms with E-state index in [0.29, 0.717) is 27.9 Å². The van der Waals surface area contributed by atoms with Crippen molar-refractivity contribution in [3.8, 4) is 0 Å². The molecule has 4 aromatic rings. The van der Waals surface area contributed by atoms with Crippen LogP contribution in [0.4, 0.5) is 16.2 Å². The van der Waals surface area contributed by atoms with Gasteiger partial charge in [-0.1, -0.05) is 43.3 Å². The first kappa shape index (κ1) is 29.4. The Morgan fingerprint density at radius 2 is 1.86 bits per heavy atom. The Labute approximate surface area is 248 Å². The third kappa shape index (κ3) is 6.86. The number of benzene rings is 3. The molecule has 222 valence electrons. The average Bonchev–Trinajstić information content (AvgIpc) is 2.98. The Hall–Kier alpha value is -5.12. The zero-order valence-corrected chi connectivity index (χ0v) is 24.2. The van der Waals surface area contributed by atoms with Crippen LogP contribution in [0, 0.1) is 6.92 Å². The van der Waals surface area contributed by atoms with E-state index in [9.17, 15) is 19.2 Å². The highest BCUT2D eigenvalue weighted by Gasteiger charge is 2.27. The van der Waals surface area contributed by atoms with Crippen LogP contribution >= 0.6 is 0 Å². The fourth-order valence-corrected chi connectivity index (χ4v) is 5.34. The van der Waals surface area contributed by atoms with Crippen molar-refractivity contribution in [1.82, 2.24) is 10.3 Å². The molecule has 3 atom stereocenters. The third-order valence-corrected chi connectivity index (χ3v) is 7.50. The monoisotopic (exact) mass is 582 g/mol. The van der Waals surface area contributed by atoms with Crippen LogP contribution in [0.25, 0.3) is 10.8 Å². The Bertz CT molecular complexity index is 1730. The number of rotatable bonds is 5. The molecule has 3 heterocycles. The van der Waals surface area contributed by atoms with E-state index in [1.165, 1.54) is 0 Å². The van der Waals surface area contributed by atoms with Crippen LogP contribution in [0.3, 0.4) is 0 Å². The highest BCUT2D eigenvalue weighted by Crippen LogP contribution is 2.29. The SMILES string of the molecule is CCOC(=O)CC1NC(=O)[C@H](Nc2ccc3cc[nH]c(=O)c3c2)c2ccc(c(C)c2)[C@@H](C)COC(=O)Nc2cccc1c2. The molecule has 10 nitrogen and oxygen atoms in total. The maximum absolute atomic E-state index is 14.1. The molecule has 0 spiro atoms. The summed E-state index contributed by atoms with van der Waals surface area (Å²) < 4.78 is 10.7. The summed E-state index contributed by atoms with van der Waals surface area (Å²) in [5.41, 5.74) is 3.98. The number of esters is 1. The third-order valence-electron chi connectivity index (χ3n) is 7.50. The van der Waals surface area contributed by atoms with Crippen LogP contribution in [0.15, 0.2) is 77.7 Å². The summed E-state index contributed by atoms with van der Waals surface area (Å²) in [5.74, 6) is -0.964. The number of hydrogen-bond donors (Lipinski definition) is 4. The van der Waals surface area contributed by atoms with Crippen LogP contribution < -0.4 is 21.5 Å². The quantitative estimate of drug-likeness (QED) is 0.229.